The first kappa shape index (κ1) is 10.7. The minimum absolute atomic E-state index is 0.0574. The summed E-state index contributed by atoms with van der Waals surface area (Å²) in [5, 5.41) is 14.0. The summed E-state index contributed by atoms with van der Waals surface area (Å²) in [6.45, 7) is 0. The number of rotatable bonds is 2. The van der Waals surface area contributed by atoms with Crippen LogP contribution in [0.3, 0.4) is 0 Å². The number of H-pyrrole nitrogens is 1. The van der Waals surface area contributed by atoms with Crippen molar-refractivity contribution in [3.8, 4) is 11.3 Å². The summed E-state index contributed by atoms with van der Waals surface area (Å²) < 4.78 is 0. The highest BCUT2D eigenvalue weighted by atomic mass is 32.1. The number of benzene rings is 1. The van der Waals surface area contributed by atoms with Crippen LogP contribution in [0.1, 0.15) is 0 Å². The number of hydrogen-bond acceptors (Lipinski definition) is 5. The van der Waals surface area contributed by atoms with Gasteiger partial charge in [0, 0.05) is 28.6 Å². The third-order valence-electron chi connectivity index (χ3n) is 2.69. The molecular formula is C11H8N4O2S. The molecule has 0 aliphatic heterocycles. The van der Waals surface area contributed by atoms with Gasteiger partial charge in [0.15, 0.2) is 5.13 Å². The maximum absolute atomic E-state index is 10.9. The van der Waals surface area contributed by atoms with Gasteiger partial charge in [0.25, 0.3) is 5.69 Å². The van der Waals surface area contributed by atoms with Crippen molar-refractivity contribution >= 4 is 33.1 Å². The van der Waals surface area contributed by atoms with Crippen LogP contribution in [-0.2, 0) is 0 Å². The number of fused-ring (bicyclic) bond motifs is 1. The third-order valence-corrected chi connectivity index (χ3v) is 3.36. The van der Waals surface area contributed by atoms with Gasteiger partial charge in [0.05, 0.1) is 10.6 Å². The Labute approximate surface area is 105 Å². The highest BCUT2D eigenvalue weighted by molar-refractivity contribution is 7.13. The van der Waals surface area contributed by atoms with Crippen LogP contribution in [0.4, 0.5) is 10.8 Å². The number of nitro groups is 1. The molecule has 3 rings (SSSR count). The van der Waals surface area contributed by atoms with Crippen LogP contribution in [0.5, 0.6) is 0 Å². The molecule has 3 aromatic rings. The third kappa shape index (κ3) is 1.52. The lowest BCUT2D eigenvalue weighted by atomic mass is 10.1. The minimum atomic E-state index is -0.405. The molecule has 0 fully saturated rings. The van der Waals surface area contributed by atoms with Crippen LogP contribution in [-0.4, -0.2) is 14.9 Å². The summed E-state index contributed by atoms with van der Waals surface area (Å²) in [7, 11) is 0. The van der Waals surface area contributed by atoms with Crippen LogP contribution in [0.2, 0.25) is 0 Å². The van der Waals surface area contributed by atoms with E-state index in [1.807, 2.05) is 11.4 Å². The van der Waals surface area contributed by atoms with Crippen molar-refractivity contribution in [2.24, 2.45) is 0 Å². The van der Waals surface area contributed by atoms with E-state index in [4.69, 9.17) is 5.73 Å². The Morgan fingerprint density at radius 1 is 1.44 bits per heavy atom. The largest absolute Gasteiger partial charge is 0.375 e. The maximum atomic E-state index is 10.9. The molecule has 0 aliphatic rings. The molecular weight excluding hydrogens is 252 g/mol. The molecule has 2 aromatic heterocycles. The standard InChI is InChI=1S/C11H8N4O2S/c12-11-14-8(5-18-11)7-4-13-10-6(7)2-1-3-9(10)15(16)17/h1-5,13H,(H2,12,14). The Balaban J connectivity index is 2.27. The van der Waals surface area contributed by atoms with Crippen LogP contribution < -0.4 is 5.73 Å². The Hall–Kier alpha value is -2.41. The van der Waals surface area contributed by atoms with E-state index < -0.39 is 4.92 Å². The Bertz CT molecular complexity index is 746. The molecule has 7 heteroatoms. The first-order valence-corrected chi connectivity index (χ1v) is 6.00. The second-order valence-electron chi connectivity index (χ2n) is 3.73. The van der Waals surface area contributed by atoms with E-state index >= 15 is 0 Å². The highest BCUT2D eigenvalue weighted by Crippen LogP contribution is 2.33. The van der Waals surface area contributed by atoms with E-state index in [0.717, 1.165) is 16.6 Å². The van der Waals surface area contributed by atoms with Crippen molar-refractivity contribution in [2.45, 2.75) is 0 Å². The van der Waals surface area contributed by atoms with E-state index in [0.29, 0.717) is 10.6 Å². The van der Waals surface area contributed by atoms with Crippen molar-refractivity contribution in [1.29, 1.82) is 0 Å². The molecule has 2 heterocycles. The molecule has 3 N–H and O–H groups in total. The van der Waals surface area contributed by atoms with E-state index in [9.17, 15) is 10.1 Å². The first-order chi connectivity index (χ1) is 8.66. The Morgan fingerprint density at radius 3 is 2.94 bits per heavy atom. The van der Waals surface area contributed by atoms with E-state index in [1.54, 1.807) is 12.3 Å². The van der Waals surface area contributed by atoms with Gasteiger partial charge in [-0.2, -0.15) is 0 Å². The van der Waals surface area contributed by atoms with Gasteiger partial charge in [0.1, 0.15) is 5.52 Å². The number of aromatic nitrogens is 2. The van der Waals surface area contributed by atoms with Crippen molar-refractivity contribution in [1.82, 2.24) is 9.97 Å². The lowest BCUT2D eigenvalue weighted by Gasteiger charge is -1.95. The molecule has 0 atom stereocenters. The summed E-state index contributed by atoms with van der Waals surface area (Å²) in [6, 6.07) is 4.95. The summed E-state index contributed by atoms with van der Waals surface area (Å²) >= 11 is 1.34. The highest BCUT2D eigenvalue weighted by Gasteiger charge is 2.16. The molecule has 90 valence electrons. The second kappa shape index (κ2) is 3.81. The van der Waals surface area contributed by atoms with Crippen molar-refractivity contribution in [3.05, 3.63) is 39.9 Å². The zero-order chi connectivity index (χ0) is 12.7. The summed E-state index contributed by atoms with van der Waals surface area (Å²) in [5.41, 5.74) is 7.70. The average molecular weight is 260 g/mol. The monoisotopic (exact) mass is 260 g/mol. The molecule has 18 heavy (non-hydrogen) atoms. The van der Waals surface area contributed by atoms with Gasteiger partial charge in [0.2, 0.25) is 0 Å². The van der Waals surface area contributed by atoms with Gasteiger partial charge in [-0.1, -0.05) is 12.1 Å². The van der Waals surface area contributed by atoms with Crippen molar-refractivity contribution in [3.63, 3.8) is 0 Å². The minimum Gasteiger partial charge on any atom is -0.375 e. The zero-order valence-corrected chi connectivity index (χ0v) is 9.90. The molecule has 0 bridgehead atoms. The molecule has 0 saturated heterocycles. The second-order valence-corrected chi connectivity index (χ2v) is 4.62. The molecule has 6 nitrogen and oxygen atoms in total. The average Bonchev–Trinajstić information content (AvgIpc) is 2.93. The Morgan fingerprint density at radius 2 is 2.28 bits per heavy atom. The zero-order valence-electron chi connectivity index (χ0n) is 9.08. The van der Waals surface area contributed by atoms with Crippen LogP contribution in [0.15, 0.2) is 29.8 Å². The number of aromatic amines is 1. The fourth-order valence-electron chi connectivity index (χ4n) is 1.91. The van der Waals surface area contributed by atoms with E-state index in [1.165, 1.54) is 17.4 Å². The van der Waals surface area contributed by atoms with Crippen molar-refractivity contribution < 1.29 is 4.92 Å². The number of nitrogens with zero attached hydrogens (tertiary/aromatic N) is 2. The number of nitrogens with two attached hydrogens (primary N) is 1. The predicted molar refractivity (Wildman–Crippen MR) is 70.5 cm³/mol. The fourth-order valence-corrected chi connectivity index (χ4v) is 2.48. The molecule has 0 aliphatic carbocycles. The normalized spacial score (nSPS) is 10.9. The van der Waals surface area contributed by atoms with E-state index in [2.05, 4.69) is 9.97 Å². The summed E-state index contributed by atoms with van der Waals surface area (Å²) in [5.74, 6) is 0. The van der Waals surface area contributed by atoms with Gasteiger partial charge < -0.3 is 10.7 Å². The smallest absolute Gasteiger partial charge is 0.293 e. The Kier molecular flexibility index (Phi) is 2.27. The number of thiazole rings is 1. The number of para-hydroxylation sites is 1. The van der Waals surface area contributed by atoms with Gasteiger partial charge >= 0.3 is 0 Å². The number of nitro benzene ring substituents is 1. The van der Waals surface area contributed by atoms with Gasteiger partial charge in [-0.15, -0.1) is 11.3 Å². The summed E-state index contributed by atoms with van der Waals surface area (Å²) in [4.78, 5) is 17.6. The number of non-ortho nitro benzene ring substituents is 1. The van der Waals surface area contributed by atoms with Gasteiger partial charge in [-0.05, 0) is 0 Å². The predicted octanol–water partition coefficient (Wildman–Crippen LogP) is 2.78. The lowest BCUT2D eigenvalue weighted by Crippen LogP contribution is -1.88. The van der Waals surface area contributed by atoms with E-state index in [-0.39, 0.29) is 5.69 Å². The fraction of sp³-hybridized carbons (Fsp3) is 0. The molecule has 0 saturated carbocycles. The topological polar surface area (TPSA) is 97.8 Å². The molecule has 0 spiro atoms. The summed E-state index contributed by atoms with van der Waals surface area (Å²) in [6.07, 6.45) is 1.71. The lowest BCUT2D eigenvalue weighted by molar-refractivity contribution is -0.383. The number of nitrogen functional groups attached to an aromatic ring is 1. The molecule has 0 unspecified atom stereocenters. The molecule has 0 amide bonds. The maximum Gasteiger partial charge on any atom is 0.293 e. The quantitative estimate of drug-likeness (QED) is 0.546. The number of hydrogen-bond donors (Lipinski definition) is 2. The number of nitrogens with one attached hydrogen (secondary N) is 1. The number of anilines is 1. The van der Waals surface area contributed by atoms with Crippen LogP contribution in [0.25, 0.3) is 22.2 Å². The van der Waals surface area contributed by atoms with Crippen LogP contribution >= 0.6 is 11.3 Å². The molecule has 0 radical (unpaired) electrons. The SMILES string of the molecule is Nc1nc(-c2c[nH]c3c([N+](=O)[O-])cccc23)cs1. The first-order valence-electron chi connectivity index (χ1n) is 5.12. The van der Waals surface area contributed by atoms with Gasteiger partial charge in [-0.3, -0.25) is 10.1 Å². The van der Waals surface area contributed by atoms with Crippen LogP contribution in [0, 0.1) is 10.1 Å². The van der Waals surface area contributed by atoms with Gasteiger partial charge in [-0.25, -0.2) is 4.98 Å². The van der Waals surface area contributed by atoms with Crippen molar-refractivity contribution in [2.75, 3.05) is 5.73 Å². The molecule has 1 aromatic carbocycles.